The van der Waals surface area contributed by atoms with Gasteiger partial charge in [0.05, 0.1) is 22.1 Å². The maximum Gasteiger partial charge on any atom is 0.0541 e. The lowest BCUT2D eigenvalue weighted by molar-refractivity contribution is 1.17. The molecule has 0 bridgehead atoms. The molecule has 6 aromatic carbocycles. The van der Waals surface area contributed by atoms with Gasteiger partial charge in [-0.1, -0.05) is 91.0 Å². The molecule has 0 spiro atoms. The van der Waals surface area contributed by atoms with Crippen molar-refractivity contribution in [2.75, 3.05) is 0 Å². The zero-order valence-electron chi connectivity index (χ0n) is 21.7. The first kappa shape index (κ1) is 22.0. The van der Waals surface area contributed by atoms with Gasteiger partial charge in [0.2, 0.25) is 0 Å². The molecule has 0 radical (unpaired) electrons. The molecule has 0 aliphatic rings. The average Bonchev–Trinajstić information content (AvgIpc) is 3.50. The van der Waals surface area contributed by atoms with Crippen LogP contribution in [0.1, 0.15) is 5.56 Å². The molecule has 8 rings (SSSR count). The Morgan fingerprint density at radius 2 is 0.769 bits per heavy atom. The van der Waals surface area contributed by atoms with E-state index in [1.165, 1.54) is 71.7 Å². The van der Waals surface area contributed by atoms with E-state index in [4.69, 9.17) is 0 Å². The van der Waals surface area contributed by atoms with E-state index in [2.05, 4.69) is 156 Å². The van der Waals surface area contributed by atoms with Gasteiger partial charge in [-0.3, -0.25) is 0 Å². The lowest BCUT2D eigenvalue weighted by atomic mass is 10.0. The molecule has 39 heavy (non-hydrogen) atoms. The molecule has 0 saturated heterocycles. The Labute approximate surface area is 227 Å². The minimum atomic E-state index is 1.17. The van der Waals surface area contributed by atoms with E-state index in [-0.39, 0.29) is 0 Å². The molecule has 0 atom stereocenters. The molecule has 8 aromatic rings. The van der Waals surface area contributed by atoms with E-state index in [1.807, 2.05) is 0 Å². The van der Waals surface area contributed by atoms with Crippen molar-refractivity contribution >= 4 is 43.6 Å². The first-order valence-corrected chi connectivity index (χ1v) is 13.5. The quantitative estimate of drug-likeness (QED) is 0.229. The number of fused-ring (bicyclic) bond motifs is 6. The van der Waals surface area contributed by atoms with E-state index in [9.17, 15) is 0 Å². The highest BCUT2D eigenvalue weighted by atomic mass is 15.0. The van der Waals surface area contributed by atoms with E-state index in [0.717, 1.165) is 0 Å². The van der Waals surface area contributed by atoms with Crippen LogP contribution in [0.4, 0.5) is 0 Å². The number of benzene rings is 6. The van der Waals surface area contributed by atoms with Gasteiger partial charge in [-0.25, -0.2) is 0 Å². The summed E-state index contributed by atoms with van der Waals surface area (Å²) < 4.78 is 4.77. The standard InChI is InChI=1S/C37H26N2/c1-25-22-27(24-29(23-25)39-36-16-8-4-12-32(36)33-13-5-9-17-37(33)39)26-18-20-28(21-19-26)38-34-14-6-2-10-30(34)31-11-3-7-15-35(31)38/h2-24H,1H3. The summed E-state index contributed by atoms with van der Waals surface area (Å²) in [6, 6.07) is 50.6. The van der Waals surface area contributed by atoms with E-state index in [1.54, 1.807) is 0 Å². The van der Waals surface area contributed by atoms with E-state index < -0.39 is 0 Å². The molecule has 2 aromatic heterocycles. The van der Waals surface area contributed by atoms with Crippen molar-refractivity contribution in [1.29, 1.82) is 0 Å². The van der Waals surface area contributed by atoms with Crippen LogP contribution in [0.2, 0.25) is 0 Å². The Balaban J connectivity index is 1.28. The van der Waals surface area contributed by atoms with Crippen LogP contribution < -0.4 is 0 Å². The molecule has 0 aliphatic carbocycles. The number of aromatic nitrogens is 2. The zero-order chi connectivity index (χ0) is 25.9. The third-order valence-electron chi connectivity index (χ3n) is 7.94. The van der Waals surface area contributed by atoms with Crippen molar-refractivity contribution in [3.05, 3.63) is 145 Å². The number of para-hydroxylation sites is 4. The van der Waals surface area contributed by atoms with Crippen molar-refractivity contribution < 1.29 is 0 Å². The fraction of sp³-hybridized carbons (Fsp3) is 0.0270. The Kier molecular flexibility index (Phi) is 4.77. The van der Waals surface area contributed by atoms with Gasteiger partial charge in [0.15, 0.2) is 0 Å². The lowest BCUT2D eigenvalue weighted by Crippen LogP contribution is -1.96. The van der Waals surface area contributed by atoms with Crippen molar-refractivity contribution in [2.45, 2.75) is 6.92 Å². The third kappa shape index (κ3) is 3.35. The molecule has 2 heterocycles. The van der Waals surface area contributed by atoms with Crippen LogP contribution in [0.3, 0.4) is 0 Å². The summed E-state index contributed by atoms with van der Waals surface area (Å²) in [6.45, 7) is 2.19. The largest absolute Gasteiger partial charge is 0.309 e. The van der Waals surface area contributed by atoms with Gasteiger partial charge in [-0.15, -0.1) is 0 Å². The van der Waals surface area contributed by atoms with Crippen LogP contribution in [-0.2, 0) is 0 Å². The fourth-order valence-corrected chi connectivity index (χ4v) is 6.26. The van der Waals surface area contributed by atoms with Crippen molar-refractivity contribution in [3.8, 4) is 22.5 Å². The Morgan fingerprint density at radius 3 is 1.23 bits per heavy atom. The van der Waals surface area contributed by atoms with Crippen LogP contribution in [0.25, 0.3) is 66.1 Å². The molecule has 0 fully saturated rings. The summed E-state index contributed by atoms with van der Waals surface area (Å²) in [5.41, 5.74) is 11.0. The highest BCUT2D eigenvalue weighted by Gasteiger charge is 2.14. The summed E-state index contributed by atoms with van der Waals surface area (Å²) in [6.07, 6.45) is 0. The molecular formula is C37H26N2. The molecule has 0 saturated carbocycles. The molecule has 2 nitrogen and oxygen atoms in total. The van der Waals surface area contributed by atoms with Crippen LogP contribution in [0.5, 0.6) is 0 Å². The summed E-state index contributed by atoms with van der Waals surface area (Å²) in [5.74, 6) is 0. The lowest BCUT2D eigenvalue weighted by Gasteiger charge is -2.13. The molecule has 184 valence electrons. The molecule has 2 heteroatoms. The number of rotatable bonds is 3. The van der Waals surface area contributed by atoms with E-state index >= 15 is 0 Å². The number of hydrogen-bond donors (Lipinski definition) is 0. The first-order chi connectivity index (χ1) is 19.3. The number of nitrogens with zero attached hydrogens (tertiary/aromatic N) is 2. The second kappa shape index (κ2) is 8.47. The maximum atomic E-state index is 2.40. The van der Waals surface area contributed by atoms with Crippen molar-refractivity contribution in [2.24, 2.45) is 0 Å². The van der Waals surface area contributed by atoms with Crippen molar-refractivity contribution in [1.82, 2.24) is 9.13 Å². The van der Waals surface area contributed by atoms with Crippen LogP contribution in [0, 0.1) is 6.92 Å². The van der Waals surface area contributed by atoms with Crippen LogP contribution in [0.15, 0.2) is 140 Å². The number of aryl methyl sites for hydroxylation is 1. The monoisotopic (exact) mass is 498 g/mol. The summed E-state index contributed by atoms with van der Waals surface area (Å²) >= 11 is 0. The van der Waals surface area contributed by atoms with Crippen LogP contribution in [-0.4, -0.2) is 9.13 Å². The first-order valence-electron chi connectivity index (χ1n) is 13.5. The molecule has 0 N–H and O–H groups in total. The second-order valence-electron chi connectivity index (χ2n) is 10.3. The van der Waals surface area contributed by atoms with Gasteiger partial charge in [-0.05, 0) is 72.1 Å². The highest BCUT2D eigenvalue weighted by molar-refractivity contribution is 6.10. The molecule has 0 aliphatic heterocycles. The molecular weight excluding hydrogens is 472 g/mol. The third-order valence-corrected chi connectivity index (χ3v) is 7.94. The minimum absolute atomic E-state index is 1.17. The predicted octanol–water partition coefficient (Wildman–Crippen LogP) is 9.86. The Morgan fingerprint density at radius 1 is 0.359 bits per heavy atom. The van der Waals surface area contributed by atoms with Gasteiger partial charge in [0, 0.05) is 32.9 Å². The van der Waals surface area contributed by atoms with Crippen LogP contribution >= 0.6 is 0 Å². The SMILES string of the molecule is Cc1cc(-c2ccc(-n3c4ccccc4c4ccccc43)cc2)cc(-n2c3ccccc3c3ccccc32)c1. The highest BCUT2D eigenvalue weighted by Crippen LogP contribution is 2.35. The summed E-state index contributed by atoms with van der Waals surface area (Å²) in [7, 11) is 0. The van der Waals surface area contributed by atoms with Crippen molar-refractivity contribution in [3.63, 3.8) is 0 Å². The minimum Gasteiger partial charge on any atom is -0.309 e. The maximum absolute atomic E-state index is 2.40. The van der Waals surface area contributed by atoms with E-state index in [0.29, 0.717) is 0 Å². The normalized spacial score (nSPS) is 11.7. The average molecular weight is 499 g/mol. The second-order valence-corrected chi connectivity index (χ2v) is 10.3. The number of hydrogen-bond acceptors (Lipinski definition) is 0. The summed E-state index contributed by atoms with van der Waals surface area (Å²) in [4.78, 5) is 0. The van der Waals surface area contributed by atoms with Gasteiger partial charge < -0.3 is 9.13 Å². The fourth-order valence-electron chi connectivity index (χ4n) is 6.26. The van der Waals surface area contributed by atoms with Gasteiger partial charge >= 0.3 is 0 Å². The smallest absolute Gasteiger partial charge is 0.0541 e. The zero-order valence-corrected chi connectivity index (χ0v) is 21.7. The van der Waals surface area contributed by atoms with Gasteiger partial charge in [0.25, 0.3) is 0 Å². The Hall–Kier alpha value is -5.08. The van der Waals surface area contributed by atoms with Gasteiger partial charge in [-0.2, -0.15) is 0 Å². The summed E-state index contributed by atoms with van der Waals surface area (Å²) in [5, 5.41) is 5.14. The molecule has 0 amide bonds. The predicted molar refractivity (Wildman–Crippen MR) is 165 cm³/mol. The topological polar surface area (TPSA) is 9.86 Å². The Bertz CT molecular complexity index is 2070. The molecule has 0 unspecified atom stereocenters. The van der Waals surface area contributed by atoms with Gasteiger partial charge in [0.1, 0.15) is 0 Å².